The Kier molecular flexibility index (Phi) is 4.94. The van der Waals surface area contributed by atoms with Crippen molar-refractivity contribution in [2.45, 2.75) is 34.1 Å². The molecule has 0 spiro atoms. The highest BCUT2D eigenvalue weighted by Crippen LogP contribution is 2.25. The fourth-order valence-corrected chi connectivity index (χ4v) is 2.41. The summed E-state index contributed by atoms with van der Waals surface area (Å²) in [6.45, 7) is 7.84. The first-order valence-corrected chi connectivity index (χ1v) is 6.49. The first-order valence-electron chi connectivity index (χ1n) is 5.70. The van der Waals surface area contributed by atoms with Crippen LogP contribution in [-0.4, -0.2) is 5.91 Å². The fourth-order valence-electron chi connectivity index (χ4n) is 1.72. The number of allylic oxidation sites excluding steroid dienone is 1. The molecule has 0 aromatic heterocycles. The molecule has 1 aromatic rings. The molecule has 0 aliphatic heterocycles. The van der Waals surface area contributed by atoms with E-state index >= 15 is 0 Å². The van der Waals surface area contributed by atoms with Crippen molar-refractivity contribution in [3.8, 4) is 0 Å². The van der Waals surface area contributed by atoms with Crippen LogP contribution in [0.3, 0.4) is 0 Å². The molecule has 1 rings (SSSR count). The Morgan fingerprint density at radius 2 is 1.88 bits per heavy atom. The third-order valence-electron chi connectivity index (χ3n) is 2.60. The number of hydrogen-bond donors (Lipinski definition) is 1. The molecule has 2 nitrogen and oxygen atoms in total. The summed E-state index contributed by atoms with van der Waals surface area (Å²) in [5, 5.41) is 2.96. The van der Waals surface area contributed by atoms with Crippen LogP contribution in [0.1, 0.15) is 31.4 Å². The number of carbonyl (C=O) groups is 1. The summed E-state index contributed by atoms with van der Waals surface area (Å²) in [4.78, 5) is 11.9. The van der Waals surface area contributed by atoms with Crippen molar-refractivity contribution in [3.63, 3.8) is 0 Å². The lowest BCUT2D eigenvalue weighted by atomic mass is 10.1. The van der Waals surface area contributed by atoms with E-state index in [2.05, 4.69) is 21.2 Å². The maximum Gasteiger partial charge on any atom is 0.250 e. The summed E-state index contributed by atoms with van der Waals surface area (Å²) in [6, 6.07) is 4.00. The van der Waals surface area contributed by atoms with Gasteiger partial charge in [-0.05, 0) is 50.5 Å². The quantitative estimate of drug-likeness (QED) is 0.825. The number of nitrogens with one attached hydrogen (secondary N) is 1. The summed E-state index contributed by atoms with van der Waals surface area (Å²) in [5.74, 6) is -0.0274. The molecular weight excluding hydrogens is 278 g/mol. The lowest BCUT2D eigenvalue weighted by Crippen LogP contribution is -2.14. The monoisotopic (exact) mass is 295 g/mol. The standard InChI is InChI=1S/C14H18BrNO/c1-5-6-9(2)14(17)16-13-10(3)7-12(15)8-11(13)4/h6-8H,5H2,1-4H3,(H,16,17). The normalized spacial score (nSPS) is 11.5. The van der Waals surface area contributed by atoms with Crippen LogP contribution in [0.4, 0.5) is 5.69 Å². The Morgan fingerprint density at radius 1 is 1.35 bits per heavy atom. The summed E-state index contributed by atoms with van der Waals surface area (Å²) in [5.41, 5.74) is 3.79. The van der Waals surface area contributed by atoms with Gasteiger partial charge in [0.1, 0.15) is 0 Å². The van der Waals surface area contributed by atoms with Gasteiger partial charge in [-0.3, -0.25) is 4.79 Å². The van der Waals surface area contributed by atoms with E-state index in [1.807, 2.05) is 45.9 Å². The summed E-state index contributed by atoms with van der Waals surface area (Å²) in [7, 11) is 0. The van der Waals surface area contributed by atoms with E-state index in [0.29, 0.717) is 0 Å². The molecule has 17 heavy (non-hydrogen) atoms. The Morgan fingerprint density at radius 3 is 2.35 bits per heavy atom. The minimum atomic E-state index is -0.0274. The second-order valence-electron chi connectivity index (χ2n) is 4.16. The molecule has 0 heterocycles. The molecule has 0 radical (unpaired) electrons. The van der Waals surface area contributed by atoms with Crippen molar-refractivity contribution in [2.75, 3.05) is 5.32 Å². The van der Waals surface area contributed by atoms with Crippen molar-refractivity contribution in [2.24, 2.45) is 0 Å². The summed E-state index contributed by atoms with van der Waals surface area (Å²) in [6.07, 6.45) is 2.80. The highest BCUT2D eigenvalue weighted by Gasteiger charge is 2.09. The number of benzene rings is 1. The molecule has 0 unspecified atom stereocenters. The zero-order valence-electron chi connectivity index (χ0n) is 10.7. The van der Waals surface area contributed by atoms with Crippen LogP contribution in [-0.2, 0) is 4.79 Å². The predicted octanol–water partition coefficient (Wildman–Crippen LogP) is 4.36. The minimum Gasteiger partial charge on any atom is -0.322 e. The van der Waals surface area contributed by atoms with Crippen LogP contribution in [0.2, 0.25) is 0 Å². The molecule has 1 N–H and O–H groups in total. The van der Waals surface area contributed by atoms with E-state index in [0.717, 1.165) is 33.3 Å². The summed E-state index contributed by atoms with van der Waals surface area (Å²) < 4.78 is 1.03. The van der Waals surface area contributed by atoms with Crippen LogP contribution >= 0.6 is 15.9 Å². The molecule has 1 amide bonds. The lowest BCUT2D eigenvalue weighted by molar-refractivity contribution is -0.112. The van der Waals surface area contributed by atoms with Crippen LogP contribution in [0.25, 0.3) is 0 Å². The van der Waals surface area contributed by atoms with Gasteiger partial charge >= 0.3 is 0 Å². The van der Waals surface area contributed by atoms with Gasteiger partial charge in [-0.15, -0.1) is 0 Å². The third-order valence-corrected chi connectivity index (χ3v) is 3.06. The first-order chi connectivity index (χ1) is 7.95. The minimum absolute atomic E-state index is 0.0274. The Labute approximate surface area is 111 Å². The topological polar surface area (TPSA) is 29.1 Å². The van der Waals surface area contributed by atoms with Gasteiger partial charge in [0, 0.05) is 15.7 Å². The maximum absolute atomic E-state index is 11.9. The zero-order chi connectivity index (χ0) is 13.0. The van der Waals surface area contributed by atoms with Gasteiger partial charge < -0.3 is 5.32 Å². The van der Waals surface area contributed by atoms with Crippen molar-refractivity contribution < 1.29 is 4.79 Å². The van der Waals surface area contributed by atoms with E-state index in [1.54, 1.807) is 0 Å². The maximum atomic E-state index is 11.9. The van der Waals surface area contributed by atoms with E-state index in [4.69, 9.17) is 0 Å². The van der Waals surface area contributed by atoms with Crippen LogP contribution in [0.15, 0.2) is 28.3 Å². The SMILES string of the molecule is CCC=C(C)C(=O)Nc1c(C)cc(Br)cc1C. The number of amides is 1. The van der Waals surface area contributed by atoms with E-state index in [-0.39, 0.29) is 5.91 Å². The van der Waals surface area contributed by atoms with Gasteiger partial charge in [-0.1, -0.05) is 28.9 Å². The highest BCUT2D eigenvalue weighted by atomic mass is 79.9. The smallest absolute Gasteiger partial charge is 0.250 e. The van der Waals surface area contributed by atoms with E-state index in [1.165, 1.54) is 0 Å². The van der Waals surface area contributed by atoms with Crippen molar-refractivity contribution in [1.82, 2.24) is 0 Å². The molecule has 1 aromatic carbocycles. The molecular formula is C14H18BrNO. The van der Waals surface area contributed by atoms with Gasteiger partial charge in [0.25, 0.3) is 5.91 Å². The zero-order valence-corrected chi connectivity index (χ0v) is 12.3. The van der Waals surface area contributed by atoms with E-state index < -0.39 is 0 Å². The van der Waals surface area contributed by atoms with Crippen molar-refractivity contribution >= 4 is 27.5 Å². The highest BCUT2D eigenvalue weighted by molar-refractivity contribution is 9.10. The average molecular weight is 296 g/mol. The number of carbonyl (C=O) groups excluding carboxylic acids is 1. The first kappa shape index (κ1) is 14.0. The van der Waals surface area contributed by atoms with Gasteiger partial charge in [0.15, 0.2) is 0 Å². The van der Waals surface area contributed by atoms with Gasteiger partial charge in [-0.25, -0.2) is 0 Å². The number of rotatable bonds is 3. The van der Waals surface area contributed by atoms with Crippen LogP contribution < -0.4 is 5.32 Å². The lowest BCUT2D eigenvalue weighted by Gasteiger charge is -2.12. The molecule has 0 saturated carbocycles. The van der Waals surface area contributed by atoms with Gasteiger partial charge in [-0.2, -0.15) is 0 Å². The van der Waals surface area contributed by atoms with Crippen LogP contribution in [0.5, 0.6) is 0 Å². The molecule has 0 bridgehead atoms. The molecule has 0 atom stereocenters. The Hall–Kier alpha value is -1.09. The summed E-state index contributed by atoms with van der Waals surface area (Å²) >= 11 is 3.44. The number of aryl methyl sites for hydroxylation is 2. The average Bonchev–Trinajstić information content (AvgIpc) is 2.23. The number of halogens is 1. The van der Waals surface area contributed by atoms with E-state index in [9.17, 15) is 4.79 Å². The Bertz CT molecular complexity index is 440. The van der Waals surface area contributed by atoms with Crippen LogP contribution in [0, 0.1) is 13.8 Å². The number of hydrogen-bond acceptors (Lipinski definition) is 1. The van der Waals surface area contributed by atoms with Gasteiger partial charge in [0.05, 0.1) is 0 Å². The van der Waals surface area contributed by atoms with Gasteiger partial charge in [0.2, 0.25) is 0 Å². The van der Waals surface area contributed by atoms with Crippen molar-refractivity contribution in [3.05, 3.63) is 39.4 Å². The molecule has 0 aliphatic rings. The fraction of sp³-hybridized carbons (Fsp3) is 0.357. The number of anilines is 1. The third kappa shape index (κ3) is 3.70. The molecule has 92 valence electrons. The largest absolute Gasteiger partial charge is 0.322 e. The second-order valence-corrected chi connectivity index (χ2v) is 5.08. The molecule has 0 saturated heterocycles. The van der Waals surface area contributed by atoms with Crippen molar-refractivity contribution in [1.29, 1.82) is 0 Å². The molecule has 0 aliphatic carbocycles. The Balaban J connectivity index is 2.97. The molecule has 3 heteroatoms. The second kappa shape index (κ2) is 6.01. The molecule has 0 fully saturated rings. The predicted molar refractivity (Wildman–Crippen MR) is 76.3 cm³/mol.